The molecule has 0 N–H and O–H groups in total. The Morgan fingerprint density at radius 1 is 1.08 bits per heavy atom. The molecule has 136 valence electrons. The van der Waals surface area contributed by atoms with Gasteiger partial charge in [0.25, 0.3) is 15.9 Å². The Labute approximate surface area is 154 Å². The molecule has 0 unspecified atom stereocenters. The van der Waals surface area contributed by atoms with Crippen molar-refractivity contribution in [3.05, 3.63) is 60.2 Å². The van der Waals surface area contributed by atoms with Gasteiger partial charge in [-0.3, -0.25) is 9.10 Å². The van der Waals surface area contributed by atoms with Crippen molar-refractivity contribution in [3.63, 3.8) is 0 Å². The van der Waals surface area contributed by atoms with E-state index in [0.717, 1.165) is 0 Å². The van der Waals surface area contributed by atoms with Crippen LogP contribution in [0.3, 0.4) is 0 Å². The number of nitriles is 1. The normalized spacial score (nSPS) is 10.8. The van der Waals surface area contributed by atoms with Crippen LogP contribution in [-0.2, 0) is 10.0 Å². The molecule has 2 aromatic rings. The van der Waals surface area contributed by atoms with Gasteiger partial charge < -0.3 is 4.90 Å². The largest absolute Gasteiger partial charge is 0.341 e. The molecular formula is C19H21N3O3S. The highest BCUT2D eigenvalue weighted by Gasteiger charge is 2.24. The fourth-order valence-corrected chi connectivity index (χ4v) is 4.00. The number of carbonyl (C=O) groups is 1. The lowest BCUT2D eigenvalue weighted by atomic mass is 10.2. The topological polar surface area (TPSA) is 81.5 Å². The number of hydrogen-bond acceptors (Lipinski definition) is 4. The number of hydrogen-bond donors (Lipinski definition) is 0. The number of para-hydroxylation sites is 1. The lowest BCUT2D eigenvalue weighted by Crippen LogP contribution is -2.31. The standard InChI is InChI=1S/C19H21N3O3S/c1-3-22(17-8-5-4-6-9-17)26(24,25)18-12-10-16(11-13-18)19(23)21(2)15-7-14-20/h4-6,8-13H,3,7,15H2,1-2H3. The van der Waals surface area contributed by atoms with E-state index < -0.39 is 10.0 Å². The summed E-state index contributed by atoms with van der Waals surface area (Å²) >= 11 is 0. The molecule has 0 saturated heterocycles. The third-order valence-corrected chi connectivity index (χ3v) is 5.84. The predicted molar refractivity (Wildman–Crippen MR) is 100 cm³/mol. The lowest BCUT2D eigenvalue weighted by Gasteiger charge is -2.23. The van der Waals surface area contributed by atoms with Crippen LogP contribution in [0, 0.1) is 11.3 Å². The SMILES string of the molecule is CCN(c1ccccc1)S(=O)(=O)c1ccc(C(=O)N(C)CCC#N)cc1. The van der Waals surface area contributed by atoms with Gasteiger partial charge in [0.2, 0.25) is 0 Å². The first-order valence-corrected chi connectivity index (χ1v) is 9.66. The molecular weight excluding hydrogens is 350 g/mol. The maximum Gasteiger partial charge on any atom is 0.264 e. The zero-order valence-corrected chi connectivity index (χ0v) is 15.6. The Morgan fingerprint density at radius 3 is 2.23 bits per heavy atom. The molecule has 0 aromatic heterocycles. The van der Waals surface area contributed by atoms with Gasteiger partial charge in [0, 0.05) is 25.7 Å². The molecule has 0 atom stereocenters. The molecule has 0 saturated carbocycles. The van der Waals surface area contributed by atoms with Crippen molar-refractivity contribution in [1.29, 1.82) is 5.26 Å². The molecule has 0 heterocycles. The molecule has 26 heavy (non-hydrogen) atoms. The third-order valence-electron chi connectivity index (χ3n) is 3.93. The average Bonchev–Trinajstić information content (AvgIpc) is 2.66. The fraction of sp³-hybridized carbons (Fsp3) is 0.263. The van der Waals surface area contributed by atoms with E-state index in [9.17, 15) is 13.2 Å². The highest BCUT2D eigenvalue weighted by atomic mass is 32.2. The minimum absolute atomic E-state index is 0.124. The van der Waals surface area contributed by atoms with E-state index in [1.807, 2.05) is 12.1 Å². The number of sulfonamides is 1. The van der Waals surface area contributed by atoms with Crippen LogP contribution in [0.15, 0.2) is 59.5 Å². The molecule has 1 amide bonds. The van der Waals surface area contributed by atoms with Gasteiger partial charge in [-0.1, -0.05) is 18.2 Å². The minimum Gasteiger partial charge on any atom is -0.341 e. The summed E-state index contributed by atoms with van der Waals surface area (Å²) in [5.41, 5.74) is 0.971. The van der Waals surface area contributed by atoms with Crippen molar-refractivity contribution < 1.29 is 13.2 Å². The van der Waals surface area contributed by atoms with Crippen molar-refractivity contribution in [2.24, 2.45) is 0 Å². The highest BCUT2D eigenvalue weighted by Crippen LogP contribution is 2.23. The Bertz CT molecular complexity index is 888. The smallest absolute Gasteiger partial charge is 0.264 e. The van der Waals surface area contributed by atoms with E-state index in [4.69, 9.17) is 5.26 Å². The summed E-state index contributed by atoms with van der Waals surface area (Å²) in [6.07, 6.45) is 0.247. The van der Waals surface area contributed by atoms with E-state index in [1.54, 1.807) is 38.2 Å². The second-order valence-electron chi connectivity index (χ2n) is 5.66. The number of benzene rings is 2. The molecule has 0 bridgehead atoms. The molecule has 0 aliphatic carbocycles. The van der Waals surface area contributed by atoms with Crippen molar-refractivity contribution in [2.45, 2.75) is 18.2 Å². The quantitative estimate of drug-likeness (QED) is 0.749. The molecule has 2 aromatic carbocycles. The summed E-state index contributed by atoms with van der Waals surface area (Å²) in [4.78, 5) is 13.8. The zero-order valence-electron chi connectivity index (χ0n) is 14.8. The van der Waals surface area contributed by atoms with Crippen LogP contribution in [0.4, 0.5) is 5.69 Å². The second-order valence-corrected chi connectivity index (χ2v) is 7.53. The number of anilines is 1. The zero-order chi connectivity index (χ0) is 19.2. The van der Waals surface area contributed by atoms with Gasteiger partial charge in [-0.25, -0.2) is 8.42 Å². The van der Waals surface area contributed by atoms with E-state index in [0.29, 0.717) is 24.3 Å². The van der Waals surface area contributed by atoms with Gasteiger partial charge >= 0.3 is 0 Å². The number of carbonyl (C=O) groups excluding carboxylic acids is 1. The minimum atomic E-state index is -3.72. The van der Waals surface area contributed by atoms with Crippen LogP contribution in [0.25, 0.3) is 0 Å². The Morgan fingerprint density at radius 2 is 1.69 bits per heavy atom. The van der Waals surface area contributed by atoms with Crippen LogP contribution in [0.1, 0.15) is 23.7 Å². The van der Waals surface area contributed by atoms with Gasteiger partial charge in [0.05, 0.1) is 23.1 Å². The predicted octanol–water partition coefficient (Wildman–Crippen LogP) is 2.89. The van der Waals surface area contributed by atoms with Gasteiger partial charge in [0.15, 0.2) is 0 Å². The number of nitrogens with zero attached hydrogens (tertiary/aromatic N) is 3. The van der Waals surface area contributed by atoms with Gasteiger partial charge in [-0.05, 0) is 43.3 Å². The van der Waals surface area contributed by atoms with E-state index >= 15 is 0 Å². The van der Waals surface area contributed by atoms with E-state index in [-0.39, 0.29) is 17.2 Å². The lowest BCUT2D eigenvalue weighted by molar-refractivity contribution is 0.0798. The molecule has 6 nitrogen and oxygen atoms in total. The van der Waals surface area contributed by atoms with Crippen molar-refractivity contribution in [3.8, 4) is 6.07 Å². The van der Waals surface area contributed by atoms with Gasteiger partial charge in [0.1, 0.15) is 0 Å². The summed E-state index contributed by atoms with van der Waals surface area (Å²) < 4.78 is 27.2. The summed E-state index contributed by atoms with van der Waals surface area (Å²) in [5.74, 6) is -0.250. The summed E-state index contributed by atoms with van der Waals surface area (Å²) in [6.45, 7) is 2.39. The summed E-state index contributed by atoms with van der Waals surface area (Å²) in [6, 6.07) is 16.7. The average molecular weight is 371 g/mol. The molecule has 2 rings (SSSR count). The van der Waals surface area contributed by atoms with E-state index in [1.165, 1.54) is 33.5 Å². The third kappa shape index (κ3) is 4.21. The van der Waals surface area contributed by atoms with Crippen molar-refractivity contribution >= 4 is 21.6 Å². The Kier molecular flexibility index (Phi) is 6.36. The van der Waals surface area contributed by atoms with Crippen molar-refractivity contribution in [1.82, 2.24) is 4.90 Å². The molecule has 0 spiro atoms. The summed E-state index contributed by atoms with van der Waals surface area (Å²) in [7, 11) is -2.11. The monoisotopic (exact) mass is 371 g/mol. The van der Waals surface area contributed by atoms with Crippen molar-refractivity contribution in [2.75, 3.05) is 24.4 Å². The van der Waals surface area contributed by atoms with Crippen LogP contribution in [-0.4, -0.2) is 39.4 Å². The maximum absolute atomic E-state index is 12.9. The first-order valence-electron chi connectivity index (χ1n) is 8.22. The first kappa shape index (κ1) is 19.5. The highest BCUT2D eigenvalue weighted by molar-refractivity contribution is 7.92. The molecule has 0 radical (unpaired) electrons. The molecule has 0 fully saturated rings. The van der Waals surface area contributed by atoms with Crippen LogP contribution in [0.2, 0.25) is 0 Å². The number of rotatable bonds is 7. The van der Waals surface area contributed by atoms with E-state index in [2.05, 4.69) is 0 Å². The first-order chi connectivity index (χ1) is 12.4. The molecule has 0 aliphatic heterocycles. The van der Waals surface area contributed by atoms with Crippen LogP contribution in [0.5, 0.6) is 0 Å². The number of amides is 1. The Balaban J connectivity index is 2.26. The second kappa shape index (κ2) is 8.50. The Hall–Kier alpha value is -2.85. The van der Waals surface area contributed by atoms with Gasteiger partial charge in [-0.15, -0.1) is 0 Å². The molecule has 7 heteroatoms. The fourth-order valence-electron chi connectivity index (χ4n) is 2.52. The van der Waals surface area contributed by atoms with Crippen LogP contribution >= 0.6 is 0 Å². The summed E-state index contributed by atoms with van der Waals surface area (Å²) in [5, 5.41) is 8.60. The van der Waals surface area contributed by atoms with Crippen LogP contribution < -0.4 is 4.31 Å². The maximum atomic E-state index is 12.9. The van der Waals surface area contributed by atoms with Gasteiger partial charge in [-0.2, -0.15) is 5.26 Å². The molecule has 0 aliphatic rings.